The van der Waals surface area contributed by atoms with Crippen molar-refractivity contribution >= 4 is 11.8 Å². The predicted octanol–water partition coefficient (Wildman–Crippen LogP) is -0.0841. The van der Waals surface area contributed by atoms with Gasteiger partial charge >= 0.3 is 5.97 Å². The van der Waals surface area contributed by atoms with Gasteiger partial charge in [0.05, 0.1) is 61.8 Å². The second kappa shape index (κ2) is 13.9. The number of hydrogen-bond donors (Lipinski definition) is 6. The Labute approximate surface area is 254 Å². The monoisotopic (exact) mass is 609 g/mol. The van der Waals surface area contributed by atoms with Crippen LogP contribution < -0.4 is 11.1 Å². The van der Waals surface area contributed by atoms with Crippen LogP contribution in [0.3, 0.4) is 0 Å². The first-order valence-electron chi connectivity index (χ1n) is 16.5. The van der Waals surface area contributed by atoms with E-state index in [1.54, 1.807) is 6.92 Å². The molecule has 3 saturated heterocycles. The lowest BCUT2D eigenvalue weighted by Crippen LogP contribution is -2.95. The number of allylic oxidation sites excluding steroid dienone is 1. The molecule has 3 heterocycles. The number of quaternary nitrogens is 1. The third-order valence-electron chi connectivity index (χ3n) is 11.3. The van der Waals surface area contributed by atoms with Crippen molar-refractivity contribution in [2.75, 3.05) is 19.8 Å². The fourth-order valence-corrected chi connectivity index (χ4v) is 8.72. The van der Waals surface area contributed by atoms with Crippen LogP contribution in [0.1, 0.15) is 78.1 Å². The first kappa shape index (κ1) is 32.9. The van der Waals surface area contributed by atoms with E-state index in [1.165, 1.54) is 6.08 Å². The molecule has 0 aromatic carbocycles. The topological polar surface area (TPSA) is 185 Å². The highest BCUT2D eigenvalue weighted by Crippen LogP contribution is 2.53. The van der Waals surface area contributed by atoms with Gasteiger partial charge in [0, 0.05) is 30.6 Å². The Kier molecular flexibility index (Phi) is 10.7. The molecular weight excluding hydrogens is 556 g/mol. The highest BCUT2D eigenvalue weighted by Gasteiger charge is 2.62. The van der Waals surface area contributed by atoms with Crippen LogP contribution in [0.25, 0.3) is 0 Å². The van der Waals surface area contributed by atoms with Gasteiger partial charge in [-0.15, -0.1) is 0 Å². The Balaban J connectivity index is 1.48. The van der Waals surface area contributed by atoms with Crippen LogP contribution in [0.15, 0.2) is 11.6 Å². The summed E-state index contributed by atoms with van der Waals surface area (Å²) < 4.78 is 19.6. The Morgan fingerprint density at radius 3 is 2.60 bits per heavy atom. The molecular formula is C32H53N2O9+. The third kappa shape index (κ3) is 6.89. The molecule has 244 valence electrons. The molecule has 5 fully saturated rings. The lowest BCUT2D eigenvalue weighted by molar-refractivity contribution is -0.703. The Morgan fingerprint density at radius 1 is 1.16 bits per heavy atom. The van der Waals surface area contributed by atoms with Crippen molar-refractivity contribution in [1.29, 1.82) is 0 Å². The number of aliphatic hydroxyl groups excluding tert-OH is 4. The highest BCUT2D eigenvalue weighted by molar-refractivity contribution is 5.88. The zero-order chi connectivity index (χ0) is 30.9. The molecule has 0 aromatic heterocycles. The third-order valence-corrected chi connectivity index (χ3v) is 11.3. The highest BCUT2D eigenvalue weighted by atomic mass is 16.6. The summed E-state index contributed by atoms with van der Waals surface area (Å²) in [4.78, 5) is 26.6. The number of carbonyl (C=O) groups excluding carboxylic acids is 2. The van der Waals surface area contributed by atoms with E-state index in [-0.39, 0.29) is 42.4 Å². The molecule has 0 amide bonds. The molecule has 0 bridgehead atoms. The van der Waals surface area contributed by atoms with Crippen molar-refractivity contribution < 1.29 is 49.5 Å². The Hall–Kier alpha value is -1.44. The average molecular weight is 610 g/mol. The maximum absolute atomic E-state index is 13.5. The van der Waals surface area contributed by atoms with Crippen molar-refractivity contribution in [3.63, 3.8) is 0 Å². The van der Waals surface area contributed by atoms with Crippen LogP contribution in [0.2, 0.25) is 0 Å². The van der Waals surface area contributed by atoms with Crippen LogP contribution in [-0.2, 0) is 23.8 Å². The van der Waals surface area contributed by atoms with Crippen molar-refractivity contribution in [2.45, 2.75) is 126 Å². The summed E-state index contributed by atoms with van der Waals surface area (Å²) in [7, 11) is 0. The van der Waals surface area contributed by atoms with Gasteiger partial charge in [-0.3, -0.25) is 10.5 Å². The predicted molar refractivity (Wildman–Crippen MR) is 155 cm³/mol. The summed E-state index contributed by atoms with van der Waals surface area (Å²) in [6.45, 7) is 3.84. The molecule has 13 atom stereocenters. The summed E-state index contributed by atoms with van der Waals surface area (Å²) in [5, 5.41) is 44.3. The second-order valence-corrected chi connectivity index (χ2v) is 14.0. The summed E-state index contributed by atoms with van der Waals surface area (Å²) >= 11 is 0. The van der Waals surface area contributed by atoms with E-state index in [0.29, 0.717) is 25.2 Å². The number of ketones is 1. The van der Waals surface area contributed by atoms with Crippen molar-refractivity contribution in [1.82, 2.24) is 0 Å². The van der Waals surface area contributed by atoms with Gasteiger partial charge in [0.2, 0.25) is 0 Å². The molecule has 5 rings (SSSR count). The van der Waals surface area contributed by atoms with Crippen molar-refractivity contribution in [2.24, 2.45) is 35.3 Å². The summed E-state index contributed by atoms with van der Waals surface area (Å²) in [6, 6.07) is 0. The zero-order valence-electron chi connectivity index (χ0n) is 25.7. The smallest absolute Gasteiger partial charge is 0.336 e. The standard InChI is InChI=1S/C32H52N2O9/c1-3-18(15-35)31(40)42-24-13-22-28(39)27-23(38)12-21(16-36)41-30(27)26(19-5-4-6-20(37)11-19)29(22)43-32(24,2)10-9-17-7-8-25(33)34-14-17/h3,17,19-22,24-30,34-37,39H,4-16,33H2,1-2H3/p+1. The van der Waals surface area contributed by atoms with Gasteiger partial charge < -0.3 is 40.0 Å². The molecule has 5 aliphatic rings. The lowest BCUT2D eigenvalue weighted by Gasteiger charge is -2.59. The second-order valence-electron chi connectivity index (χ2n) is 14.0. The Bertz CT molecular complexity index is 1020. The number of aliphatic hydroxyl groups is 4. The van der Waals surface area contributed by atoms with Gasteiger partial charge in [-0.25, -0.2) is 4.79 Å². The summed E-state index contributed by atoms with van der Waals surface area (Å²) in [5.41, 5.74) is 5.37. The fraction of sp³-hybridized carbons (Fsp3) is 0.875. The Morgan fingerprint density at radius 2 is 1.95 bits per heavy atom. The number of nitrogens with two attached hydrogens (primary N) is 2. The number of carbonyl (C=O) groups is 2. The number of hydrogen-bond acceptors (Lipinski definition) is 10. The molecule has 13 unspecified atom stereocenters. The largest absolute Gasteiger partial charge is 0.456 e. The minimum Gasteiger partial charge on any atom is -0.456 e. The average Bonchev–Trinajstić information content (AvgIpc) is 2.98. The number of Topliss-reactive ketones (excluding diaryl/α,β-unsaturated/α-hetero) is 1. The summed E-state index contributed by atoms with van der Waals surface area (Å²) in [5.74, 6) is -1.82. The van der Waals surface area contributed by atoms with Crippen LogP contribution >= 0.6 is 0 Å². The van der Waals surface area contributed by atoms with Crippen LogP contribution in [0.4, 0.5) is 0 Å². The number of piperidine rings is 1. The van der Waals surface area contributed by atoms with Gasteiger partial charge in [0.25, 0.3) is 0 Å². The molecule has 11 heteroatoms. The lowest BCUT2D eigenvalue weighted by atomic mass is 9.58. The molecule has 43 heavy (non-hydrogen) atoms. The first-order valence-corrected chi connectivity index (χ1v) is 16.5. The maximum atomic E-state index is 13.5. The van der Waals surface area contributed by atoms with Crippen LogP contribution in [0, 0.1) is 29.6 Å². The van der Waals surface area contributed by atoms with E-state index in [2.05, 4.69) is 5.32 Å². The van der Waals surface area contributed by atoms with Crippen LogP contribution in [0.5, 0.6) is 0 Å². The van der Waals surface area contributed by atoms with E-state index >= 15 is 0 Å². The van der Waals surface area contributed by atoms with E-state index in [9.17, 15) is 30.0 Å². The van der Waals surface area contributed by atoms with E-state index in [0.717, 1.165) is 45.1 Å². The molecule has 0 radical (unpaired) electrons. The molecule has 3 aliphatic heterocycles. The van der Waals surface area contributed by atoms with Gasteiger partial charge in [0.15, 0.2) is 0 Å². The van der Waals surface area contributed by atoms with Gasteiger partial charge in [0.1, 0.15) is 23.7 Å². The molecule has 0 aromatic rings. The maximum Gasteiger partial charge on any atom is 0.336 e. The molecule has 8 N–H and O–H groups in total. The molecule has 11 nitrogen and oxygen atoms in total. The van der Waals surface area contributed by atoms with Gasteiger partial charge in [-0.1, -0.05) is 12.5 Å². The molecule has 0 spiro atoms. The SMILES string of the molecule is CC=C(CO)C(=O)OC1CC2C(O)C3C(=O)CC(CO)OC3C(C3CCCC(O)C3)C2OC1(C)CCC1CCC(N)[NH2+]C1. The number of esters is 1. The fourth-order valence-electron chi connectivity index (χ4n) is 8.72. The molecule has 2 aliphatic carbocycles. The van der Waals surface area contributed by atoms with E-state index in [1.807, 2.05) is 6.92 Å². The van der Waals surface area contributed by atoms with Crippen LogP contribution in [-0.4, -0.2) is 100 Å². The number of ether oxygens (including phenoxy) is 3. The van der Waals surface area contributed by atoms with Crippen molar-refractivity contribution in [3.8, 4) is 0 Å². The molecule has 2 saturated carbocycles. The van der Waals surface area contributed by atoms with Gasteiger partial charge in [-0.2, -0.15) is 0 Å². The number of fused-ring (bicyclic) bond motifs is 2. The van der Waals surface area contributed by atoms with Gasteiger partial charge in [-0.05, 0) is 64.7 Å². The number of rotatable bonds is 8. The zero-order valence-corrected chi connectivity index (χ0v) is 25.7. The van der Waals surface area contributed by atoms with E-state index < -0.39 is 66.6 Å². The normalized spacial score (nSPS) is 45.7. The minimum atomic E-state index is -1.06. The summed E-state index contributed by atoms with van der Waals surface area (Å²) in [6.07, 6.45) is 4.44. The first-order chi connectivity index (χ1) is 20.6. The van der Waals surface area contributed by atoms with E-state index in [4.69, 9.17) is 19.9 Å². The minimum absolute atomic E-state index is 0.0169. The quantitative estimate of drug-likeness (QED) is 0.161. The van der Waals surface area contributed by atoms with Crippen molar-refractivity contribution in [3.05, 3.63) is 11.6 Å².